The second-order valence-electron chi connectivity index (χ2n) is 3.74. The summed E-state index contributed by atoms with van der Waals surface area (Å²) in [7, 11) is 0. The molecule has 1 aliphatic heterocycles. The fourth-order valence-electron chi connectivity index (χ4n) is 1.79. The number of hydrogen-bond donors (Lipinski definition) is 2. The summed E-state index contributed by atoms with van der Waals surface area (Å²) in [6.07, 6.45) is 3.38. The average Bonchev–Trinajstić information content (AvgIpc) is 2.04. The molecule has 1 heterocycles. The van der Waals surface area contributed by atoms with Crippen molar-refractivity contribution in [2.75, 3.05) is 13.1 Å². The zero-order valence-corrected chi connectivity index (χ0v) is 7.88. The first-order valence-electron chi connectivity index (χ1n) is 4.77. The molecule has 1 unspecified atom stereocenters. The maximum Gasteiger partial charge on any atom is 0.307 e. The minimum atomic E-state index is -0.770. The standard InChI is InChI=1S/C10H17NO2/c1-8(6-10(12)13)5-9-3-2-4-11-7-9/h9,11H,1-7H2,(H,12,13). The van der Waals surface area contributed by atoms with Gasteiger partial charge in [0.05, 0.1) is 6.42 Å². The summed E-state index contributed by atoms with van der Waals surface area (Å²) in [6, 6.07) is 0. The lowest BCUT2D eigenvalue weighted by Gasteiger charge is -2.23. The molecule has 3 nitrogen and oxygen atoms in total. The number of aliphatic carboxylic acids is 1. The lowest BCUT2D eigenvalue weighted by Crippen LogP contribution is -2.29. The van der Waals surface area contributed by atoms with Crippen molar-refractivity contribution < 1.29 is 9.90 Å². The molecule has 0 bridgehead atoms. The van der Waals surface area contributed by atoms with E-state index in [1.165, 1.54) is 12.8 Å². The van der Waals surface area contributed by atoms with Crippen LogP contribution in [0.2, 0.25) is 0 Å². The summed E-state index contributed by atoms with van der Waals surface area (Å²) >= 11 is 0. The lowest BCUT2D eigenvalue weighted by molar-refractivity contribution is -0.136. The zero-order valence-electron chi connectivity index (χ0n) is 7.88. The second-order valence-corrected chi connectivity index (χ2v) is 3.74. The largest absolute Gasteiger partial charge is 0.481 e. The highest BCUT2D eigenvalue weighted by atomic mass is 16.4. The van der Waals surface area contributed by atoms with E-state index < -0.39 is 5.97 Å². The highest BCUT2D eigenvalue weighted by Gasteiger charge is 2.14. The van der Waals surface area contributed by atoms with E-state index in [9.17, 15) is 4.79 Å². The maximum atomic E-state index is 10.4. The minimum Gasteiger partial charge on any atom is -0.481 e. The summed E-state index contributed by atoms with van der Waals surface area (Å²) in [4.78, 5) is 10.4. The summed E-state index contributed by atoms with van der Waals surface area (Å²) in [6.45, 7) is 5.89. The van der Waals surface area contributed by atoms with Crippen LogP contribution < -0.4 is 5.32 Å². The Hall–Kier alpha value is -0.830. The Morgan fingerprint density at radius 3 is 2.92 bits per heavy atom. The molecule has 1 rings (SSSR count). The van der Waals surface area contributed by atoms with E-state index >= 15 is 0 Å². The summed E-state index contributed by atoms with van der Waals surface area (Å²) in [5, 5.41) is 11.8. The molecule has 74 valence electrons. The second kappa shape index (κ2) is 5.02. The van der Waals surface area contributed by atoms with Gasteiger partial charge in [0.1, 0.15) is 0 Å². The molecule has 0 saturated carbocycles. The number of hydrogen-bond acceptors (Lipinski definition) is 2. The molecule has 0 aliphatic carbocycles. The van der Waals surface area contributed by atoms with Crippen LogP contribution in [0.1, 0.15) is 25.7 Å². The molecule has 2 N–H and O–H groups in total. The molecule has 13 heavy (non-hydrogen) atoms. The first-order valence-corrected chi connectivity index (χ1v) is 4.77. The van der Waals surface area contributed by atoms with Gasteiger partial charge in [0.25, 0.3) is 0 Å². The van der Waals surface area contributed by atoms with E-state index in [1.54, 1.807) is 0 Å². The fourth-order valence-corrected chi connectivity index (χ4v) is 1.79. The van der Waals surface area contributed by atoms with Crippen LogP contribution in [0.4, 0.5) is 0 Å². The molecule has 1 saturated heterocycles. The predicted molar refractivity (Wildman–Crippen MR) is 51.6 cm³/mol. The van der Waals surface area contributed by atoms with Crippen molar-refractivity contribution in [1.29, 1.82) is 0 Å². The van der Waals surface area contributed by atoms with Crippen LogP contribution in [0.3, 0.4) is 0 Å². The van der Waals surface area contributed by atoms with Crippen molar-refractivity contribution >= 4 is 5.97 Å². The number of piperidine rings is 1. The van der Waals surface area contributed by atoms with Crippen molar-refractivity contribution in [3.63, 3.8) is 0 Å². The van der Waals surface area contributed by atoms with Crippen molar-refractivity contribution in [3.8, 4) is 0 Å². The van der Waals surface area contributed by atoms with E-state index in [0.29, 0.717) is 5.92 Å². The first kappa shape index (κ1) is 10.3. The van der Waals surface area contributed by atoms with Crippen molar-refractivity contribution in [2.24, 2.45) is 5.92 Å². The Balaban J connectivity index is 2.22. The van der Waals surface area contributed by atoms with Gasteiger partial charge in [0, 0.05) is 0 Å². The van der Waals surface area contributed by atoms with Crippen LogP contribution in [-0.2, 0) is 4.79 Å². The molecule has 0 amide bonds. The molecular weight excluding hydrogens is 166 g/mol. The van der Waals surface area contributed by atoms with Gasteiger partial charge in [0.15, 0.2) is 0 Å². The smallest absolute Gasteiger partial charge is 0.307 e. The van der Waals surface area contributed by atoms with Crippen LogP contribution in [-0.4, -0.2) is 24.2 Å². The van der Waals surface area contributed by atoms with Gasteiger partial charge >= 0.3 is 5.97 Å². The molecule has 3 heteroatoms. The highest BCUT2D eigenvalue weighted by Crippen LogP contribution is 2.19. The van der Waals surface area contributed by atoms with Crippen LogP contribution >= 0.6 is 0 Å². The molecule has 0 aromatic rings. The van der Waals surface area contributed by atoms with E-state index in [4.69, 9.17) is 5.11 Å². The number of rotatable bonds is 4. The minimum absolute atomic E-state index is 0.122. The number of carboxylic acids is 1. The van der Waals surface area contributed by atoms with Gasteiger partial charge in [-0.25, -0.2) is 0 Å². The Bertz CT molecular complexity index is 195. The third-order valence-corrected chi connectivity index (χ3v) is 2.38. The van der Waals surface area contributed by atoms with Crippen molar-refractivity contribution in [2.45, 2.75) is 25.7 Å². The highest BCUT2D eigenvalue weighted by molar-refractivity contribution is 5.69. The van der Waals surface area contributed by atoms with Crippen LogP contribution in [0.15, 0.2) is 12.2 Å². The number of carbonyl (C=O) groups is 1. The Labute approximate surface area is 78.8 Å². The molecule has 1 aliphatic rings. The fraction of sp³-hybridized carbons (Fsp3) is 0.700. The number of nitrogens with one attached hydrogen (secondary N) is 1. The van der Waals surface area contributed by atoms with Gasteiger partial charge in [-0.3, -0.25) is 4.79 Å². The van der Waals surface area contributed by atoms with Gasteiger partial charge in [0.2, 0.25) is 0 Å². The SMILES string of the molecule is C=C(CC(=O)O)CC1CCCNC1. The van der Waals surface area contributed by atoms with Crippen LogP contribution in [0, 0.1) is 5.92 Å². The van der Waals surface area contributed by atoms with Gasteiger partial charge in [-0.15, -0.1) is 0 Å². The Kier molecular flexibility index (Phi) is 3.96. The third-order valence-electron chi connectivity index (χ3n) is 2.38. The van der Waals surface area contributed by atoms with Crippen molar-refractivity contribution in [1.82, 2.24) is 5.32 Å². The molecule has 0 aromatic carbocycles. The molecular formula is C10H17NO2. The van der Waals surface area contributed by atoms with Crippen LogP contribution in [0.25, 0.3) is 0 Å². The normalized spacial score (nSPS) is 22.6. The van der Waals surface area contributed by atoms with Crippen LogP contribution in [0.5, 0.6) is 0 Å². The van der Waals surface area contributed by atoms with E-state index in [2.05, 4.69) is 11.9 Å². The van der Waals surface area contributed by atoms with Gasteiger partial charge in [-0.2, -0.15) is 0 Å². The molecule has 0 spiro atoms. The molecule has 0 aromatic heterocycles. The van der Waals surface area contributed by atoms with E-state index in [0.717, 1.165) is 25.1 Å². The quantitative estimate of drug-likeness (QED) is 0.648. The molecule has 1 fully saturated rings. The summed E-state index contributed by atoms with van der Waals surface area (Å²) in [5.41, 5.74) is 0.848. The summed E-state index contributed by atoms with van der Waals surface area (Å²) in [5.74, 6) is -0.172. The maximum absolute atomic E-state index is 10.4. The first-order chi connectivity index (χ1) is 6.18. The topological polar surface area (TPSA) is 49.3 Å². The average molecular weight is 183 g/mol. The van der Waals surface area contributed by atoms with E-state index in [1.807, 2.05) is 0 Å². The van der Waals surface area contributed by atoms with Gasteiger partial charge in [-0.1, -0.05) is 12.2 Å². The Morgan fingerprint density at radius 1 is 1.62 bits per heavy atom. The van der Waals surface area contributed by atoms with Gasteiger partial charge in [-0.05, 0) is 38.3 Å². The predicted octanol–water partition coefficient (Wildman–Crippen LogP) is 1.41. The van der Waals surface area contributed by atoms with Gasteiger partial charge < -0.3 is 10.4 Å². The zero-order chi connectivity index (χ0) is 9.68. The molecule has 1 atom stereocenters. The van der Waals surface area contributed by atoms with Crippen molar-refractivity contribution in [3.05, 3.63) is 12.2 Å². The third kappa shape index (κ3) is 4.08. The number of carboxylic acid groups (broad SMARTS) is 1. The Morgan fingerprint density at radius 2 is 2.38 bits per heavy atom. The summed E-state index contributed by atoms with van der Waals surface area (Å²) < 4.78 is 0. The van der Waals surface area contributed by atoms with E-state index in [-0.39, 0.29) is 6.42 Å². The molecule has 0 radical (unpaired) electrons. The lowest BCUT2D eigenvalue weighted by atomic mass is 9.92. The monoisotopic (exact) mass is 183 g/mol.